The molecule has 0 spiro atoms. The highest BCUT2D eigenvalue weighted by Gasteiger charge is 2.31. The topological polar surface area (TPSA) is 9.23 Å². The van der Waals surface area contributed by atoms with Gasteiger partial charge in [0.25, 0.3) is 0 Å². The Kier molecular flexibility index (Phi) is 8.12. The molecule has 3 heteroatoms. The smallest absolute Gasteiger partial charge is 0.200 e. The van der Waals surface area contributed by atoms with Crippen LogP contribution in [0.25, 0.3) is 0 Å². The van der Waals surface area contributed by atoms with Crippen LogP contribution in [0.1, 0.15) is 79.5 Å². The van der Waals surface area contributed by atoms with Gasteiger partial charge in [-0.25, -0.2) is 4.39 Å². The number of halogens is 2. The summed E-state index contributed by atoms with van der Waals surface area (Å²) < 4.78 is 33.1. The first kappa shape index (κ1) is 20.9. The van der Waals surface area contributed by atoms with Crippen molar-refractivity contribution in [1.29, 1.82) is 0 Å². The standard InChI is InChI=1S/C20H28F2O.C3H6.2H2/c1-13-3-5-14(6-4-13)15-7-9-16(10-8-15)17-11-12-18(23-2)20(22)19(17)21;1-3-2;;/h11-16H,3-10H2,1-2H3;3H,1H2,2H3;2*1H. The predicted molar refractivity (Wildman–Crippen MR) is 109 cm³/mol. The lowest BCUT2D eigenvalue weighted by molar-refractivity contribution is 0.164. The molecule has 2 saturated carbocycles. The fourth-order valence-electron chi connectivity index (χ4n) is 4.68. The van der Waals surface area contributed by atoms with Crippen LogP contribution in [0.15, 0.2) is 24.8 Å². The molecular weight excluding hydrogens is 330 g/mol. The van der Waals surface area contributed by atoms with E-state index < -0.39 is 11.6 Å². The van der Waals surface area contributed by atoms with E-state index in [0.717, 1.165) is 43.4 Å². The third-order valence-corrected chi connectivity index (χ3v) is 6.24. The summed E-state index contributed by atoms with van der Waals surface area (Å²) in [7, 11) is 1.37. The lowest BCUT2D eigenvalue weighted by atomic mass is 9.68. The SMILES string of the molecule is C=CC.COc1ccc(C2CCC(C3CCC(C)CC3)CC2)c(F)c1F.[HH].[HH]. The van der Waals surface area contributed by atoms with Gasteiger partial charge in [-0.15, -0.1) is 6.58 Å². The Labute approximate surface area is 160 Å². The fourth-order valence-corrected chi connectivity index (χ4v) is 4.68. The Morgan fingerprint density at radius 3 is 1.96 bits per heavy atom. The molecule has 0 aliphatic heterocycles. The maximum Gasteiger partial charge on any atom is 0.200 e. The summed E-state index contributed by atoms with van der Waals surface area (Å²) in [4.78, 5) is 0. The van der Waals surface area contributed by atoms with E-state index in [1.54, 1.807) is 18.2 Å². The van der Waals surface area contributed by atoms with Gasteiger partial charge in [0.1, 0.15) is 0 Å². The third kappa shape index (κ3) is 5.08. The van der Waals surface area contributed by atoms with Crippen molar-refractivity contribution in [3.05, 3.63) is 42.0 Å². The fraction of sp³-hybridized carbons (Fsp3) is 0.652. The molecule has 0 aromatic heterocycles. The zero-order chi connectivity index (χ0) is 19.1. The number of methoxy groups -OCH3 is 1. The first-order valence-electron chi connectivity index (χ1n) is 10.1. The summed E-state index contributed by atoms with van der Waals surface area (Å²) in [6, 6.07) is 3.27. The van der Waals surface area contributed by atoms with Gasteiger partial charge in [0.2, 0.25) is 5.82 Å². The van der Waals surface area contributed by atoms with Crippen LogP contribution in [0.4, 0.5) is 8.78 Å². The molecular formula is C23H38F2O. The summed E-state index contributed by atoms with van der Waals surface area (Å²) in [6.07, 6.45) is 11.5. The monoisotopic (exact) mass is 368 g/mol. The van der Waals surface area contributed by atoms with Gasteiger partial charge in [-0.1, -0.05) is 31.9 Å². The van der Waals surface area contributed by atoms with Crippen molar-refractivity contribution in [1.82, 2.24) is 0 Å². The van der Waals surface area contributed by atoms with Crippen LogP contribution in [0, 0.1) is 29.4 Å². The van der Waals surface area contributed by atoms with Gasteiger partial charge in [0, 0.05) is 2.85 Å². The zero-order valence-corrected chi connectivity index (χ0v) is 16.6. The molecule has 150 valence electrons. The van der Waals surface area contributed by atoms with Gasteiger partial charge < -0.3 is 4.74 Å². The minimum atomic E-state index is -0.839. The molecule has 1 aromatic carbocycles. The third-order valence-electron chi connectivity index (χ3n) is 6.24. The van der Waals surface area contributed by atoms with E-state index in [1.165, 1.54) is 32.8 Å². The molecule has 0 atom stereocenters. The maximum atomic E-state index is 14.3. The van der Waals surface area contributed by atoms with Crippen LogP contribution < -0.4 is 4.74 Å². The van der Waals surface area contributed by atoms with Crippen LogP contribution in [0.5, 0.6) is 5.75 Å². The van der Waals surface area contributed by atoms with Gasteiger partial charge in [-0.05, 0) is 80.8 Å². The van der Waals surface area contributed by atoms with E-state index in [4.69, 9.17) is 4.74 Å². The maximum absolute atomic E-state index is 14.3. The molecule has 2 fully saturated rings. The predicted octanol–water partition coefficient (Wildman–Crippen LogP) is 7.76. The van der Waals surface area contributed by atoms with Crippen LogP contribution in [-0.4, -0.2) is 7.11 Å². The molecule has 1 nitrogen and oxygen atoms in total. The van der Waals surface area contributed by atoms with E-state index in [9.17, 15) is 8.78 Å². The number of benzene rings is 1. The van der Waals surface area contributed by atoms with E-state index in [0.29, 0.717) is 5.56 Å². The van der Waals surface area contributed by atoms with Crippen LogP contribution >= 0.6 is 0 Å². The minimum absolute atomic E-state index is 0. The molecule has 2 aliphatic carbocycles. The van der Waals surface area contributed by atoms with Crippen molar-refractivity contribution in [2.75, 3.05) is 7.11 Å². The number of hydrogen-bond donors (Lipinski definition) is 0. The molecule has 0 radical (unpaired) electrons. The lowest BCUT2D eigenvalue weighted by Gasteiger charge is -2.37. The highest BCUT2D eigenvalue weighted by molar-refractivity contribution is 5.33. The van der Waals surface area contributed by atoms with Gasteiger partial charge in [0.15, 0.2) is 11.6 Å². The highest BCUT2D eigenvalue weighted by atomic mass is 19.2. The number of ether oxygens (including phenoxy) is 1. The largest absolute Gasteiger partial charge is 0.494 e. The molecule has 0 N–H and O–H groups in total. The molecule has 0 heterocycles. The summed E-state index contributed by atoms with van der Waals surface area (Å²) in [5, 5.41) is 0. The van der Waals surface area contributed by atoms with Gasteiger partial charge in [-0.3, -0.25) is 0 Å². The van der Waals surface area contributed by atoms with Crippen molar-refractivity contribution >= 4 is 0 Å². The van der Waals surface area contributed by atoms with Crippen molar-refractivity contribution < 1.29 is 16.4 Å². The van der Waals surface area contributed by atoms with Crippen molar-refractivity contribution in [3.63, 3.8) is 0 Å². The highest BCUT2D eigenvalue weighted by Crippen LogP contribution is 2.44. The molecule has 3 rings (SSSR count). The Bertz CT molecular complexity index is 578. The number of hydrogen-bond acceptors (Lipinski definition) is 1. The Morgan fingerprint density at radius 1 is 0.962 bits per heavy atom. The van der Waals surface area contributed by atoms with E-state index in [-0.39, 0.29) is 14.5 Å². The van der Waals surface area contributed by atoms with Gasteiger partial charge in [-0.2, -0.15) is 4.39 Å². The van der Waals surface area contributed by atoms with Crippen molar-refractivity contribution in [2.45, 2.75) is 71.1 Å². The Hall–Kier alpha value is -1.38. The van der Waals surface area contributed by atoms with Crippen LogP contribution in [-0.2, 0) is 0 Å². The normalized spacial score (nSPS) is 28.7. The average Bonchev–Trinajstić information content (AvgIpc) is 2.65. The second-order valence-electron chi connectivity index (χ2n) is 8.02. The second-order valence-corrected chi connectivity index (χ2v) is 8.02. The van der Waals surface area contributed by atoms with E-state index in [2.05, 4.69) is 13.5 Å². The summed E-state index contributed by atoms with van der Waals surface area (Å²) in [5.74, 6) is 1.16. The molecule has 0 amide bonds. The second kappa shape index (κ2) is 10.1. The molecule has 2 aliphatic rings. The van der Waals surface area contributed by atoms with E-state index >= 15 is 0 Å². The summed E-state index contributed by atoms with van der Waals surface area (Å²) in [6.45, 7) is 7.61. The van der Waals surface area contributed by atoms with E-state index in [1.807, 2.05) is 6.92 Å². The zero-order valence-electron chi connectivity index (χ0n) is 16.6. The van der Waals surface area contributed by atoms with Crippen LogP contribution in [0.2, 0.25) is 0 Å². The van der Waals surface area contributed by atoms with Crippen molar-refractivity contribution in [3.8, 4) is 5.75 Å². The number of rotatable bonds is 3. The minimum Gasteiger partial charge on any atom is -0.494 e. The molecule has 1 aromatic rings. The summed E-state index contributed by atoms with van der Waals surface area (Å²) in [5.41, 5.74) is 0.541. The quantitative estimate of drug-likeness (QED) is 0.495. The molecule has 0 bridgehead atoms. The molecule has 0 unspecified atom stereocenters. The Morgan fingerprint density at radius 2 is 1.46 bits per heavy atom. The first-order valence-corrected chi connectivity index (χ1v) is 10.1. The van der Waals surface area contributed by atoms with Gasteiger partial charge in [0.05, 0.1) is 7.11 Å². The lowest BCUT2D eigenvalue weighted by Crippen LogP contribution is -2.25. The van der Waals surface area contributed by atoms with Gasteiger partial charge >= 0.3 is 0 Å². The molecule has 26 heavy (non-hydrogen) atoms. The average molecular weight is 369 g/mol. The molecule has 0 saturated heterocycles. The summed E-state index contributed by atoms with van der Waals surface area (Å²) >= 11 is 0. The Balaban J connectivity index is 0.00000137. The van der Waals surface area contributed by atoms with Crippen LogP contribution in [0.3, 0.4) is 0 Å². The first-order chi connectivity index (χ1) is 12.5. The number of allylic oxidation sites excluding steroid dienone is 1. The van der Waals surface area contributed by atoms with Crippen molar-refractivity contribution in [2.24, 2.45) is 17.8 Å².